The summed E-state index contributed by atoms with van der Waals surface area (Å²) in [5.74, 6) is 0.179. The van der Waals surface area contributed by atoms with Crippen LogP contribution in [-0.4, -0.2) is 90.4 Å². The van der Waals surface area contributed by atoms with Crippen molar-refractivity contribution in [1.29, 1.82) is 5.26 Å². The molecule has 13 heteroatoms. The zero-order valence-electron chi connectivity index (χ0n) is 26.3. The van der Waals surface area contributed by atoms with E-state index in [1.807, 2.05) is 10.3 Å². The van der Waals surface area contributed by atoms with E-state index >= 15 is 0 Å². The number of Topliss-reactive ketones (excluding diaryl/α,β-unsaturated/α-hetero) is 1. The molecule has 2 aliphatic heterocycles. The van der Waals surface area contributed by atoms with E-state index in [0.717, 1.165) is 57.4 Å². The zero-order chi connectivity index (χ0) is 32.9. The normalized spacial score (nSPS) is 14.7. The highest BCUT2D eigenvalue weighted by Gasteiger charge is 2.28. The van der Waals surface area contributed by atoms with Crippen molar-refractivity contribution in [3.8, 4) is 6.07 Å². The molecule has 242 valence electrons. The molecule has 2 amide bonds. The number of ketones is 1. The second-order valence-electron chi connectivity index (χ2n) is 9.78. The van der Waals surface area contributed by atoms with E-state index < -0.39 is 5.97 Å². The minimum Gasteiger partial charge on any atom is -0.465 e. The highest BCUT2D eigenvalue weighted by Crippen LogP contribution is 2.37. The summed E-state index contributed by atoms with van der Waals surface area (Å²) in [7, 11) is 0. The third kappa shape index (κ3) is 15.0. The lowest BCUT2D eigenvalue weighted by Gasteiger charge is -2.31. The van der Waals surface area contributed by atoms with Crippen LogP contribution in [0.2, 0.25) is 0 Å². The molecule has 0 radical (unpaired) electrons. The molecule has 3 rings (SSSR count). The second-order valence-corrected chi connectivity index (χ2v) is 10.7. The van der Waals surface area contributed by atoms with Crippen LogP contribution >= 0.6 is 11.3 Å². The van der Waals surface area contributed by atoms with Crippen molar-refractivity contribution in [2.45, 2.75) is 79.6 Å². The molecule has 1 aromatic heterocycles. The standard InChI is InChI=1S/C14H20N2O3S.C9H15NO2.C5H7NO2.C2H6O/c1-3-19-14(18)12-11(8-20-13(12)15)10-4-6-16(7-5-10)9(2)17;1-7(11)9-3-5-10(6-4-9)8(2)12;1-2-8-5(7)3-4-6;1-2-3/h8,10H,3-7,15H2,1-2H3;9H,3-6H2,1-2H3;2-3H2,1H3;3H,2H2,1H3. The molecule has 0 saturated carbocycles. The maximum Gasteiger partial charge on any atom is 0.341 e. The highest BCUT2D eigenvalue weighted by molar-refractivity contribution is 7.14. The number of nitrogen functional groups attached to an aromatic ring is 1. The quantitative estimate of drug-likeness (QED) is 0.445. The van der Waals surface area contributed by atoms with Crippen LogP contribution in [0.3, 0.4) is 0 Å². The van der Waals surface area contributed by atoms with Crippen molar-refractivity contribution in [3.63, 3.8) is 0 Å². The number of amides is 2. The van der Waals surface area contributed by atoms with Crippen molar-refractivity contribution < 1.29 is 38.6 Å². The molecule has 0 atom stereocenters. The summed E-state index contributed by atoms with van der Waals surface area (Å²) in [5.41, 5.74) is 7.41. The first-order valence-electron chi connectivity index (χ1n) is 14.6. The summed E-state index contributed by atoms with van der Waals surface area (Å²) in [5, 5.41) is 18.0. The lowest BCUT2D eigenvalue weighted by atomic mass is 9.88. The lowest BCUT2D eigenvalue weighted by Crippen LogP contribution is -2.38. The first-order chi connectivity index (χ1) is 20.4. The number of ether oxygens (including phenoxy) is 2. The van der Waals surface area contributed by atoms with Crippen molar-refractivity contribution >= 4 is 45.9 Å². The minimum atomic E-state index is -0.449. The van der Waals surface area contributed by atoms with Gasteiger partial charge < -0.3 is 30.1 Å². The molecule has 2 saturated heterocycles. The van der Waals surface area contributed by atoms with Crippen LogP contribution in [0.15, 0.2) is 5.38 Å². The molecular formula is C30H48N4O8S. The molecular weight excluding hydrogens is 576 g/mol. The molecule has 2 aliphatic rings. The number of piperidine rings is 2. The number of carbonyl (C=O) groups excluding carboxylic acids is 5. The monoisotopic (exact) mass is 624 g/mol. The third-order valence-corrected chi connectivity index (χ3v) is 7.58. The van der Waals surface area contributed by atoms with E-state index in [2.05, 4.69) is 4.74 Å². The van der Waals surface area contributed by atoms with Crippen LogP contribution < -0.4 is 5.73 Å². The van der Waals surface area contributed by atoms with E-state index in [1.54, 1.807) is 52.5 Å². The highest BCUT2D eigenvalue weighted by atomic mass is 32.1. The smallest absolute Gasteiger partial charge is 0.341 e. The van der Waals surface area contributed by atoms with Gasteiger partial charge in [0.2, 0.25) is 11.8 Å². The molecule has 0 bridgehead atoms. The number of esters is 2. The zero-order valence-corrected chi connectivity index (χ0v) is 27.2. The Kier molecular flexibility index (Phi) is 20.3. The van der Waals surface area contributed by atoms with Crippen LogP contribution in [0.25, 0.3) is 0 Å². The lowest BCUT2D eigenvalue weighted by molar-refractivity contribution is -0.142. The van der Waals surface area contributed by atoms with Crippen LogP contribution in [-0.2, 0) is 28.7 Å². The van der Waals surface area contributed by atoms with Crippen LogP contribution in [0.4, 0.5) is 5.00 Å². The molecule has 2 fully saturated rings. The van der Waals surface area contributed by atoms with Crippen LogP contribution in [0.1, 0.15) is 95.5 Å². The summed E-state index contributed by atoms with van der Waals surface area (Å²) < 4.78 is 9.50. The number of hydrogen-bond acceptors (Lipinski definition) is 11. The molecule has 0 aromatic carbocycles. The third-order valence-electron chi connectivity index (χ3n) is 6.75. The molecule has 3 N–H and O–H groups in total. The Labute approximate surface area is 259 Å². The van der Waals surface area contributed by atoms with Gasteiger partial charge in [0, 0.05) is 52.6 Å². The Morgan fingerprint density at radius 2 is 1.40 bits per heavy atom. The van der Waals surface area contributed by atoms with Crippen molar-refractivity contribution in [1.82, 2.24) is 9.80 Å². The number of carbonyl (C=O) groups is 5. The average Bonchev–Trinajstić information content (AvgIpc) is 3.36. The van der Waals surface area contributed by atoms with E-state index in [0.29, 0.717) is 23.8 Å². The maximum atomic E-state index is 12.0. The Hall–Kier alpha value is -3.50. The summed E-state index contributed by atoms with van der Waals surface area (Å²) in [6.07, 6.45) is 3.27. The van der Waals surface area contributed by atoms with E-state index in [1.165, 1.54) is 11.3 Å². The molecule has 0 aliphatic carbocycles. The summed E-state index contributed by atoms with van der Waals surface area (Å²) in [4.78, 5) is 59.1. The van der Waals surface area contributed by atoms with Gasteiger partial charge in [-0.3, -0.25) is 19.2 Å². The van der Waals surface area contributed by atoms with E-state index in [9.17, 15) is 24.0 Å². The second kappa shape index (κ2) is 22.1. The fraction of sp³-hybridized carbons (Fsp3) is 0.667. The molecule has 3 heterocycles. The van der Waals surface area contributed by atoms with Crippen molar-refractivity contribution in [2.24, 2.45) is 5.92 Å². The van der Waals surface area contributed by atoms with Gasteiger partial charge in [-0.15, -0.1) is 11.3 Å². The summed E-state index contributed by atoms with van der Waals surface area (Å²) in [6.45, 7) is 13.9. The fourth-order valence-corrected chi connectivity index (χ4v) is 5.38. The number of aliphatic hydroxyl groups is 1. The molecule has 0 spiro atoms. The van der Waals surface area contributed by atoms with Crippen LogP contribution in [0, 0.1) is 17.2 Å². The Morgan fingerprint density at radius 3 is 1.79 bits per heavy atom. The number of nitriles is 1. The topological polar surface area (TPSA) is 180 Å². The minimum absolute atomic E-state index is 0.110. The number of nitrogens with zero attached hydrogens (tertiary/aromatic N) is 3. The predicted molar refractivity (Wildman–Crippen MR) is 164 cm³/mol. The molecule has 12 nitrogen and oxygen atoms in total. The average molecular weight is 625 g/mol. The number of hydrogen-bond donors (Lipinski definition) is 2. The largest absolute Gasteiger partial charge is 0.465 e. The number of aliphatic hydroxyl groups excluding tert-OH is 1. The van der Waals surface area contributed by atoms with Gasteiger partial charge in [0.15, 0.2) is 0 Å². The fourth-order valence-electron chi connectivity index (χ4n) is 4.49. The Morgan fingerprint density at radius 1 is 0.930 bits per heavy atom. The van der Waals surface area contributed by atoms with Gasteiger partial charge in [-0.05, 0) is 70.2 Å². The number of anilines is 1. The predicted octanol–water partition coefficient (Wildman–Crippen LogP) is 3.53. The Balaban J connectivity index is 0.000000651. The molecule has 1 aromatic rings. The first-order valence-corrected chi connectivity index (χ1v) is 15.4. The van der Waals surface area contributed by atoms with E-state index in [4.69, 9.17) is 20.8 Å². The van der Waals surface area contributed by atoms with Gasteiger partial charge in [-0.25, -0.2) is 4.79 Å². The summed E-state index contributed by atoms with van der Waals surface area (Å²) in [6, 6.07) is 1.68. The van der Waals surface area contributed by atoms with Crippen molar-refractivity contribution in [2.75, 3.05) is 51.7 Å². The van der Waals surface area contributed by atoms with Gasteiger partial charge in [0.05, 0.1) is 24.8 Å². The molecule has 43 heavy (non-hydrogen) atoms. The summed E-state index contributed by atoms with van der Waals surface area (Å²) >= 11 is 1.38. The van der Waals surface area contributed by atoms with Gasteiger partial charge >= 0.3 is 11.9 Å². The van der Waals surface area contributed by atoms with E-state index in [-0.39, 0.29) is 48.4 Å². The van der Waals surface area contributed by atoms with Gasteiger partial charge in [0.1, 0.15) is 17.2 Å². The number of nitrogens with two attached hydrogens (primary N) is 1. The van der Waals surface area contributed by atoms with Gasteiger partial charge in [-0.1, -0.05) is 0 Å². The number of rotatable bonds is 6. The van der Waals surface area contributed by atoms with Gasteiger partial charge in [0.25, 0.3) is 0 Å². The van der Waals surface area contributed by atoms with Crippen molar-refractivity contribution in [3.05, 3.63) is 16.5 Å². The number of thiophene rings is 1. The SMILES string of the molecule is CC(=O)C1CCN(C(C)=O)CC1.CCO.CCOC(=O)CC#N.CCOC(=O)c1c(C2CCN(C(C)=O)CC2)csc1N. The van der Waals surface area contributed by atoms with Crippen LogP contribution in [0.5, 0.6) is 0 Å². The Bertz CT molecular complexity index is 1050. The maximum absolute atomic E-state index is 12.0. The number of likely N-dealkylation sites (tertiary alicyclic amines) is 2. The molecule has 0 unspecified atom stereocenters. The van der Waals surface area contributed by atoms with Gasteiger partial charge in [-0.2, -0.15) is 5.26 Å². The first kappa shape index (κ1) is 39.5.